The number of anilines is 2. The molecule has 8 heteroatoms. The Morgan fingerprint density at radius 1 is 1.08 bits per heavy atom. The lowest BCUT2D eigenvalue weighted by molar-refractivity contribution is -0.130. The van der Waals surface area contributed by atoms with E-state index in [1.807, 2.05) is 0 Å². The van der Waals surface area contributed by atoms with Gasteiger partial charge in [-0.2, -0.15) is 0 Å². The van der Waals surface area contributed by atoms with Crippen LogP contribution in [-0.2, 0) is 4.79 Å². The van der Waals surface area contributed by atoms with Crippen LogP contribution in [0.4, 0.5) is 15.8 Å². The van der Waals surface area contributed by atoms with Crippen molar-refractivity contribution in [3.05, 3.63) is 53.1 Å². The third-order valence-corrected chi connectivity index (χ3v) is 4.50. The Labute approximate surface area is 155 Å². The highest BCUT2D eigenvalue weighted by Crippen LogP contribution is 2.23. The van der Waals surface area contributed by atoms with Gasteiger partial charge in [0.2, 0.25) is 5.91 Å². The summed E-state index contributed by atoms with van der Waals surface area (Å²) in [6, 6.07) is 5.97. The second-order valence-corrected chi connectivity index (χ2v) is 6.42. The van der Waals surface area contributed by atoms with Gasteiger partial charge < -0.3 is 15.1 Å². The molecule has 1 aliphatic rings. The predicted octanol–water partition coefficient (Wildman–Crippen LogP) is 2.92. The molecule has 0 radical (unpaired) electrons. The Kier molecular flexibility index (Phi) is 5.37. The fourth-order valence-corrected chi connectivity index (χ4v) is 2.95. The number of aromatic nitrogens is 1. The molecule has 0 atom stereocenters. The number of rotatable bonds is 3. The van der Waals surface area contributed by atoms with Crippen LogP contribution in [0, 0.1) is 5.82 Å². The van der Waals surface area contributed by atoms with E-state index < -0.39 is 5.82 Å². The minimum absolute atomic E-state index is 0.0125. The van der Waals surface area contributed by atoms with E-state index in [2.05, 4.69) is 10.3 Å². The van der Waals surface area contributed by atoms with E-state index in [-0.39, 0.29) is 16.8 Å². The number of amides is 2. The molecule has 0 spiro atoms. The highest BCUT2D eigenvalue weighted by Gasteiger charge is 2.23. The molecule has 0 aliphatic carbocycles. The molecule has 1 aromatic carbocycles. The monoisotopic (exact) mass is 376 g/mol. The molecule has 0 unspecified atom stereocenters. The van der Waals surface area contributed by atoms with Crippen LogP contribution in [0.5, 0.6) is 0 Å². The normalized spacial score (nSPS) is 14.3. The summed E-state index contributed by atoms with van der Waals surface area (Å²) in [5.74, 6) is -0.617. The maximum atomic E-state index is 13.2. The third kappa shape index (κ3) is 4.11. The molecule has 0 saturated carbocycles. The first-order valence-corrected chi connectivity index (χ1v) is 8.54. The molecule has 2 amide bonds. The summed E-state index contributed by atoms with van der Waals surface area (Å²) in [5, 5.41) is 3.07. The minimum Gasteiger partial charge on any atom is -0.354 e. The van der Waals surface area contributed by atoms with E-state index in [9.17, 15) is 14.0 Å². The van der Waals surface area contributed by atoms with Crippen LogP contribution < -0.4 is 5.32 Å². The van der Waals surface area contributed by atoms with E-state index in [1.54, 1.807) is 28.1 Å². The first-order chi connectivity index (χ1) is 12.4. The maximum absolute atomic E-state index is 13.2. The Bertz CT molecular complexity index is 838. The zero-order valence-corrected chi connectivity index (χ0v) is 15.0. The van der Waals surface area contributed by atoms with Crippen molar-refractivity contribution < 1.29 is 14.0 Å². The van der Waals surface area contributed by atoms with Gasteiger partial charge in [0.15, 0.2) is 0 Å². The quantitative estimate of drug-likeness (QED) is 0.894. The van der Waals surface area contributed by atoms with Gasteiger partial charge in [-0.05, 0) is 24.3 Å². The lowest BCUT2D eigenvalue weighted by atomic mass is 10.2. The van der Waals surface area contributed by atoms with Crippen molar-refractivity contribution in [2.45, 2.75) is 6.92 Å². The van der Waals surface area contributed by atoms with Crippen LogP contribution in [0.1, 0.15) is 17.3 Å². The summed E-state index contributed by atoms with van der Waals surface area (Å²) >= 11 is 5.78. The van der Waals surface area contributed by atoms with Crippen LogP contribution in [0.15, 0.2) is 36.7 Å². The fourth-order valence-electron chi connectivity index (χ4n) is 2.77. The zero-order valence-electron chi connectivity index (χ0n) is 14.2. The highest BCUT2D eigenvalue weighted by molar-refractivity contribution is 6.31. The van der Waals surface area contributed by atoms with E-state index in [0.29, 0.717) is 43.1 Å². The Morgan fingerprint density at radius 2 is 1.77 bits per heavy atom. The lowest BCUT2D eigenvalue weighted by Crippen LogP contribution is -2.50. The summed E-state index contributed by atoms with van der Waals surface area (Å²) < 4.78 is 13.2. The molecule has 1 aromatic heterocycles. The summed E-state index contributed by atoms with van der Waals surface area (Å²) in [5.41, 5.74) is 1.64. The number of carbonyl (C=O) groups is 2. The van der Waals surface area contributed by atoms with Crippen LogP contribution in [-0.4, -0.2) is 52.8 Å². The number of hydrogen-bond acceptors (Lipinski definition) is 4. The number of pyridine rings is 1. The molecule has 1 saturated heterocycles. The summed E-state index contributed by atoms with van der Waals surface area (Å²) in [6.07, 6.45) is 3.07. The molecule has 3 rings (SSSR count). The summed E-state index contributed by atoms with van der Waals surface area (Å²) in [6.45, 7) is 3.56. The molecule has 0 bridgehead atoms. The van der Waals surface area contributed by atoms with Crippen LogP contribution in [0.2, 0.25) is 5.02 Å². The molecule has 136 valence electrons. The average Bonchev–Trinajstić information content (AvgIpc) is 2.64. The van der Waals surface area contributed by atoms with Gasteiger partial charge in [-0.15, -0.1) is 0 Å². The van der Waals surface area contributed by atoms with Crippen molar-refractivity contribution in [1.29, 1.82) is 0 Å². The number of piperazine rings is 1. The number of nitrogens with zero attached hydrogens (tertiary/aromatic N) is 3. The third-order valence-electron chi connectivity index (χ3n) is 4.21. The molecule has 1 aliphatic heterocycles. The fraction of sp³-hybridized carbons (Fsp3) is 0.278. The number of nitrogens with one attached hydrogen (secondary N) is 1. The van der Waals surface area contributed by atoms with Gasteiger partial charge in [0.1, 0.15) is 5.82 Å². The molecule has 2 heterocycles. The van der Waals surface area contributed by atoms with Gasteiger partial charge in [0.05, 0.1) is 22.5 Å². The van der Waals surface area contributed by atoms with E-state index in [1.165, 1.54) is 25.3 Å². The molecule has 6 nitrogen and oxygen atoms in total. The number of carbonyl (C=O) groups excluding carboxylic acids is 2. The molecular formula is C18H18ClFN4O2. The Morgan fingerprint density at radius 3 is 2.42 bits per heavy atom. The Balaban J connectivity index is 1.69. The molecule has 1 fully saturated rings. The van der Waals surface area contributed by atoms with E-state index >= 15 is 0 Å². The number of halogens is 2. The highest BCUT2D eigenvalue weighted by atomic mass is 35.5. The van der Waals surface area contributed by atoms with Gasteiger partial charge in [0, 0.05) is 45.0 Å². The van der Waals surface area contributed by atoms with Gasteiger partial charge >= 0.3 is 0 Å². The summed E-state index contributed by atoms with van der Waals surface area (Å²) in [4.78, 5) is 31.6. The average molecular weight is 377 g/mol. The van der Waals surface area contributed by atoms with Gasteiger partial charge in [-0.1, -0.05) is 11.6 Å². The van der Waals surface area contributed by atoms with Crippen LogP contribution >= 0.6 is 11.6 Å². The molecule has 26 heavy (non-hydrogen) atoms. The van der Waals surface area contributed by atoms with Crippen molar-refractivity contribution >= 4 is 34.8 Å². The van der Waals surface area contributed by atoms with Gasteiger partial charge in [0.25, 0.3) is 5.91 Å². The summed E-state index contributed by atoms with van der Waals surface area (Å²) in [7, 11) is 0. The van der Waals surface area contributed by atoms with E-state index in [4.69, 9.17) is 11.6 Å². The number of benzene rings is 1. The standard InChI is InChI=1S/C18H18ClFN4O2/c1-12(25)23-4-6-24(7-5-23)18(26)13-8-15(11-21-10-13)22-14-2-3-17(20)16(19)9-14/h2-3,8-11,22H,4-7H2,1H3. The molecule has 1 N–H and O–H groups in total. The van der Waals surface area contributed by atoms with Crippen molar-refractivity contribution in [2.24, 2.45) is 0 Å². The van der Waals surface area contributed by atoms with Crippen molar-refractivity contribution in [2.75, 3.05) is 31.5 Å². The molecular weight excluding hydrogens is 359 g/mol. The Hall–Kier alpha value is -2.67. The van der Waals surface area contributed by atoms with Crippen LogP contribution in [0.25, 0.3) is 0 Å². The smallest absolute Gasteiger partial charge is 0.255 e. The second-order valence-electron chi connectivity index (χ2n) is 6.01. The topological polar surface area (TPSA) is 65.5 Å². The first kappa shape index (κ1) is 18.1. The number of hydrogen-bond donors (Lipinski definition) is 1. The van der Waals surface area contributed by atoms with Crippen molar-refractivity contribution in [3.63, 3.8) is 0 Å². The molecule has 2 aromatic rings. The SMILES string of the molecule is CC(=O)N1CCN(C(=O)c2cncc(Nc3ccc(F)c(Cl)c3)c2)CC1. The zero-order chi connectivity index (χ0) is 18.7. The van der Waals surface area contributed by atoms with Gasteiger partial charge in [-0.25, -0.2) is 4.39 Å². The van der Waals surface area contributed by atoms with Gasteiger partial charge in [-0.3, -0.25) is 14.6 Å². The largest absolute Gasteiger partial charge is 0.354 e. The maximum Gasteiger partial charge on any atom is 0.255 e. The minimum atomic E-state index is -0.496. The predicted molar refractivity (Wildman–Crippen MR) is 97.1 cm³/mol. The van der Waals surface area contributed by atoms with E-state index in [0.717, 1.165) is 0 Å². The van der Waals surface area contributed by atoms with Crippen molar-refractivity contribution in [1.82, 2.24) is 14.8 Å². The first-order valence-electron chi connectivity index (χ1n) is 8.16. The van der Waals surface area contributed by atoms with Crippen LogP contribution in [0.3, 0.4) is 0 Å². The second kappa shape index (κ2) is 7.70. The van der Waals surface area contributed by atoms with Crippen molar-refractivity contribution in [3.8, 4) is 0 Å². The lowest BCUT2D eigenvalue weighted by Gasteiger charge is -2.34.